The van der Waals surface area contributed by atoms with Crippen molar-refractivity contribution < 1.29 is 9.90 Å². The normalized spacial score (nSPS) is 14.7. The van der Waals surface area contributed by atoms with E-state index in [0.717, 1.165) is 12.8 Å². The van der Waals surface area contributed by atoms with E-state index in [0.29, 0.717) is 6.42 Å². The van der Waals surface area contributed by atoms with Crippen LogP contribution in [0, 0.1) is 0 Å². The zero-order chi connectivity index (χ0) is 19.1. The van der Waals surface area contributed by atoms with E-state index in [2.05, 4.69) is 6.92 Å². The van der Waals surface area contributed by atoms with Crippen LogP contribution in [-0.2, 0) is 4.79 Å². The van der Waals surface area contributed by atoms with Crippen molar-refractivity contribution in [1.82, 2.24) is 4.90 Å². The van der Waals surface area contributed by atoms with Crippen molar-refractivity contribution in [1.29, 1.82) is 0 Å². The largest absolute Gasteiger partial charge is 0.480 e. The molecule has 0 aliphatic rings. The Balaban J connectivity index is 0. The van der Waals surface area contributed by atoms with Gasteiger partial charge >= 0.3 is 5.97 Å². The third-order valence-corrected chi connectivity index (χ3v) is 4.92. The predicted octanol–water partition coefficient (Wildman–Crippen LogP) is 4.86. The molecule has 0 saturated heterocycles. The standard InChI is InChI=1S/C20H43N3O2.ClH/c1-4-5-6-7-8-9-10-11-12-13-14-15-16-19(20(24)25)23(17(2)21)18(3)22;/h17-19H,4-16,21-22H2,1-3H3,(H,24,25);1H. The number of rotatable bonds is 17. The number of nitrogens with zero attached hydrogens (tertiary/aromatic N) is 1. The van der Waals surface area contributed by atoms with Crippen molar-refractivity contribution in [2.75, 3.05) is 0 Å². The number of aliphatic carboxylic acids is 1. The van der Waals surface area contributed by atoms with E-state index < -0.39 is 12.0 Å². The molecule has 0 spiro atoms. The van der Waals surface area contributed by atoms with Gasteiger partial charge in [-0.1, -0.05) is 84.0 Å². The van der Waals surface area contributed by atoms with E-state index in [4.69, 9.17) is 11.5 Å². The van der Waals surface area contributed by atoms with Crippen LogP contribution in [0.1, 0.15) is 104 Å². The van der Waals surface area contributed by atoms with Crippen molar-refractivity contribution in [3.8, 4) is 0 Å². The molecule has 3 unspecified atom stereocenters. The number of hydrogen-bond donors (Lipinski definition) is 3. The third-order valence-electron chi connectivity index (χ3n) is 4.92. The zero-order valence-corrected chi connectivity index (χ0v) is 18.1. The molecule has 0 aromatic carbocycles. The summed E-state index contributed by atoms with van der Waals surface area (Å²) in [5, 5.41) is 9.47. The van der Waals surface area contributed by atoms with E-state index in [1.807, 2.05) is 0 Å². The zero-order valence-electron chi connectivity index (χ0n) is 17.3. The minimum absolute atomic E-state index is 0. The molecule has 0 aromatic heterocycles. The van der Waals surface area contributed by atoms with Crippen molar-refractivity contribution in [3.05, 3.63) is 0 Å². The maximum atomic E-state index is 11.5. The monoisotopic (exact) mass is 393 g/mol. The molecule has 0 saturated carbocycles. The van der Waals surface area contributed by atoms with Gasteiger partial charge < -0.3 is 16.6 Å². The summed E-state index contributed by atoms with van der Waals surface area (Å²) in [5.74, 6) is -0.822. The first-order valence-electron chi connectivity index (χ1n) is 10.4. The molecule has 0 aromatic rings. The molecule has 26 heavy (non-hydrogen) atoms. The number of unbranched alkanes of at least 4 members (excludes halogenated alkanes) is 11. The van der Waals surface area contributed by atoms with Crippen LogP contribution in [-0.4, -0.2) is 34.3 Å². The molecule has 0 fully saturated rings. The van der Waals surface area contributed by atoms with Crippen molar-refractivity contribution in [2.45, 2.75) is 123 Å². The molecular formula is C20H44ClN3O2. The Labute approximate surface area is 167 Å². The number of carboxylic acids is 1. The van der Waals surface area contributed by atoms with Crippen molar-refractivity contribution in [2.24, 2.45) is 11.5 Å². The minimum Gasteiger partial charge on any atom is -0.480 e. The lowest BCUT2D eigenvalue weighted by Crippen LogP contribution is -2.57. The number of nitrogens with two attached hydrogens (primary N) is 2. The van der Waals surface area contributed by atoms with Crippen LogP contribution < -0.4 is 11.5 Å². The van der Waals surface area contributed by atoms with Crippen LogP contribution in [0.15, 0.2) is 0 Å². The quantitative estimate of drug-likeness (QED) is 0.242. The van der Waals surface area contributed by atoms with Gasteiger partial charge in [-0.05, 0) is 20.3 Å². The highest BCUT2D eigenvalue weighted by Crippen LogP contribution is 2.16. The second kappa shape index (κ2) is 18.0. The number of carbonyl (C=O) groups is 1. The summed E-state index contributed by atoms with van der Waals surface area (Å²) >= 11 is 0. The highest BCUT2D eigenvalue weighted by molar-refractivity contribution is 5.85. The van der Waals surface area contributed by atoms with Gasteiger partial charge in [0.2, 0.25) is 0 Å². The predicted molar refractivity (Wildman–Crippen MR) is 114 cm³/mol. The number of carboxylic acid groups (broad SMARTS) is 1. The molecule has 0 aliphatic carbocycles. The Hall–Kier alpha value is -0.360. The second-order valence-corrected chi connectivity index (χ2v) is 7.46. The van der Waals surface area contributed by atoms with Gasteiger partial charge in [-0.25, -0.2) is 0 Å². The fraction of sp³-hybridized carbons (Fsp3) is 0.950. The van der Waals surface area contributed by atoms with Gasteiger partial charge in [0.1, 0.15) is 6.04 Å². The fourth-order valence-electron chi connectivity index (χ4n) is 3.52. The topological polar surface area (TPSA) is 92.6 Å². The van der Waals surface area contributed by atoms with E-state index >= 15 is 0 Å². The van der Waals surface area contributed by atoms with E-state index in [1.165, 1.54) is 64.2 Å². The van der Waals surface area contributed by atoms with Crippen LogP contribution in [0.3, 0.4) is 0 Å². The van der Waals surface area contributed by atoms with Gasteiger partial charge in [0.25, 0.3) is 0 Å². The highest BCUT2D eigenvalue weighted by atomic mass is 35.5. The molecule has 6 heteroatoms. The average Bonchev–Trinajstić information content (AvgIpc) is 2.53. The molecule has 0 heterocycles. The summed E-state index contributed by atoms with van der Waals surface area (Å²) in [6.07, 6.45) is 15.2. The molecule has 0 amide bonds. The minimum atomic E-state index is -0.822. The SMILES string of the molecule is CCCCCCCCCCCCCCC(C(=O)O)N(C(C)N)C(C)N.Cl. The molecule has 158 valence electrons. The van der Waals surface area contributed by atoms with Crippen LogP contribution in [0.5, 0.6) is 0 Å². The van der Waals surface area contributed by atoms with Crippen LogP contribution in [0.4, 0.5) is 0 Å². The second-order valence-electron chi connectivity index (χ2n) is 7.46. The van der Waals surface area contributed by atoms with E-state index in [9.17, 15) is 9.90 Å². The Morgan fingerprint density at radius 3 is 1.46 bits per heavy atom. The van der Waals surface area contributed by atoms with Gasteiger partial charge in [0.15, 0.2) is 0 Å². The van der Waals surface area contributed by atoms with E-state index in [1.54, 1.807) is 18.7 Å². The molecule has 0 radical (unpaired) electrons. The van der Waals surface area contributed by atoms with Crippen molar-refractivity contribution in [3.63, 3.8) is 0 Å². The van der Waals surface area contributed by atoms with Crippen LogP contribution >= 0.6 is 12.4 Å². The first-order valence-corrected chi connectivity index (χ1v) is 10.4. The van der Waals surface area contributed by atoms with Crippen LogP contribution in [0.2, 0.25) is 0 Å². The first kappa shape index (κ1) is 27.9. The van der Waals surface area contributed by atoms with Gasteiger partial charge in [0.05, 0.1) is 12.3 Å². The maximum Gasteiger partial charge on any atom is 0.321 e. The van der Waals surface area contributed by atoms with Gasteiger partial charge in [-0.2, -0.15) is 0 Å². The lowest BCUT2D eigenvalue weighted by atomic mass is 10.0. The lowest BCUT2D eigenvalue weighted by molar-refractivity contribution is -0.145. The summed E-state index contributed by atoms with van der Waals surface area (Å²) in [6, 6.07) is -0.580. The number of hydrogen-bond acceptors (Lipinski definition) is 4. The van der Waals surface area contributed by atoms with Crippen molar-refractivity contribution >= 4 is 18.4 Å². The summed E-state index contributed by atoms with van der Waals surface area (Å²) < 4.78 is 0. The molecular weight excluding hydrogens is 350 g/mol. The summed E-state index contributed by atoms with van der Waals surface area (Å²) in [5.41, 5.74) is 11.8. The highest BCUT2D eigenvalue weighted by Gasteiger charge is 2.29. The van der Waals surface area contributed by atoms with Crippen LogP contribution in [0.25, 0.3) is 0 Å². The third kappa shape index (κ3) is 13.8. The van der Waals surface area contributed by atoms with Gasteiger partial charge in [0, 0.05) is 0 Å². The smallest absolute Gasteiger partial charge is 0.321 e. The fourth-order valence-corrected chi connectivity index (χ4v) is 3.52. The first-order chi connectivity index (χ1) is 11.9. The summed E-state index contributed by atoms with van der Waals surface area (Å²) in [4.78, 5) is 13.2. The number of halogens is 1. The maximum absolute atomic E-state index is 11.5. The summed E-state index contributed by atoms with van der Waals surface area (Å²) in [6.45, 7) is 5.84. The Bertz CT molecular complexity index is 320. The average molecular weight is 394 g/mol. The Morgan fingerprint density at radius 2 is 1.15 bits per heavy atom. The molecule has 0 bridgehead atoms. The molecule has 0 aliphatic heterocycles. The lowest BCUT2D eigenvalue weighted by Gasteiger charge is -2.35. The van der Waals surface area contributed by atoms with E-state index in [-0.39, 0.29) is 24.7 Å². The Kier molecular flexibility index (Phi) is 19.3. The van der Waals surface area contributed by atoms with Gasteiger partial charge in [-0.15, -0.1) is 12.4 Å². The molecule has 3 atom stereocenters. The Morgan fingerprint density at radius 1 is 0.808 bits per heavy atom. The molecule has 5 nitrogen and oxygen atoms in total. The van der Waals surface area contributed by atoms with Gasteiger partial charge in [-0.3, -0.25) is 9.69 Å². The summed E-state index contributed by atoms with van der Waals surface area (Å²) in [7, 11) is 0. The molecule has 0 rings (SSSR count). The molecule has 5 N–H and O–H groups in total.